The molecule has 1 aromatic heterocycles. The van der Waals surface area contributed by atoms with Crippen LogP contribution in [0.25, 0.3) is 0 Å². The summed E-state index contributed by atoms with van der Waals surface area (Å²) in [5.74, 6) is 0.156. The number of thiazole rings is 1. The molecule has 1 rings (SSSR count). The van der Waals surface area contributed by atoms with Crippen LogP contribution in [0, 0.1) is 0 Å². The normalized spacial score (nSPS) is 10.7. The fourth-order valence-corrected chi connectivity index (χ4v) is 2.18. The van der Waals surface area contributed by atoms with E-state index in [0.29, 0.717) is 24.3 Å². The van der Waals surface area contributed by atoms with Gasteiger partial charge in [-0.3, -0.25) is 9.59 Å². The third-order valence-electron chi connectivity index (χ3n) is 2.40. The van der Waals surface area contributed by atoms with Crippen LogP contribution in [-0.2, 0) is 25.5 Å². The molecule has 0 aliphatic heterocycles. The number of allylic oxidation sites excluding steroid dienone is 2. The molecule has 128 valence electrons. The maximum absolute atomic E-state index is 11.4. The lowest BCUT2D eigenvalue weighted by atomic mass is 10.3. The first-order chi connectivity index (χ1) is 11.1. The second-order valence-corrected chi connectivity index (χ2v) is 4.78. The molecular formula is C16H24N2O4S. The van der Waals surface area contributed by atoms with Crippen LogP contribution in [0.4, 0.5) is 5.13 Å². The van der Waals surface area contributed by atoms with Gasteiger partial charge in [0, 0.05) is 24.7 Å². The first-order valence-electron chi connectivity index (χ1n) is 7.31. The van der Waals surface area contributed by atoms with Gasteiger partial charge < -0.3 is 14.4 Å². The number of hydrogen-bond acceptors (Lipinski definition) is 7. The van der Waals surface area contributed by atoms with Gasteiger partial charge in [0.25, 0.3) is 0 Å². The number of methoxy groups -OCH3 is 1. The molecule has 0 aliphatic rings. The molecule has 0 radical (unpaired) electrons. The van der Waals surface area contributed by atoms with Crippen molar-refractivity contribution in [3.05, 3.63) is 35.2 Å². The lowest BCUT2D eigenvalue weighted by molar-refractivity contribution is -0.142. The number of anilines is 1. The van der Waals surface area contributed by atoms with Crippen molar-refractivity contribution in [2.75, 3.05) is 25.7 Å². The molecule has 0 bridgehead atoms. The fraction of sp³-hybridized carbons (Fsp3) is 0.438. The Morgan fingerprint density at radius 1 is 1.43 bits per heavy atom. The Bertz CT molecular complexity index is 538. The van der Waals surface area contributed by atoms with E-state index in [0.717, 1.165) is 5.13 Å². The van der Waals surface area contributed by atoms with E-state index in [1.165, 1.54) is 24.5 Å². The van der Waals surface area contributed by atoms with Crippen molar-refractivity contribution in [1.29, 1.82) is 0 Å². The summed E-state index contributed by atoms with van der Waals surface area (Å²) in [5.41, 5.74) is 0.670. The summed E-state index contributed by atoms with van der Waals surface area (Å²) < 4.78 is 9.88. The van der Waals surface area contributed by atoms with Gasteiger partial charge in [-0.25, -0.2) is 4.98 Å². The highest BCUT2D eigenvalue weighted by molar-refractivity contribution is 7.13. The summed E-state index contributed by atoms with van der Waals surface area (Å²) in [6.07, 6.45) is 5.52. The predicted octanol–water partition coefficient (Wildman–Crippen LogP) is 2.95. The molecule has 7 heteroatoms. The van der Waals surface area contributed by atoms with Crippen LogP contribution in [0.15, 0.2) is 29.5 Å². The summed E-state index contributed by atoms with van der Waals surface area (Å²) in [4.78, 5) is 27.9. The lowest BCUT2D eigenvalue weighted by Crippen LogP contribution is -2.10. The quantitative estimate of drug-likeness (QED) is 0.238. The summed E-state index contributed by atoms with van der Waals surface area (Å²) in [5, 5.41) is 2.54. The van der Waals surface area contributed by atoms with Crippen LogP contribution in [0.2, 0.25) is 0 Å². The van der Waals surface area contributed by atoms with Crippen molar-refractivity contribution < 1.29 is 19.1 Å². The summed E-state index contributed by atoms with van der Waals surface area (Å²) >= 11 is 1.42. The number of esters is 1. The highest BCUT2D eigenvalue weighted by Crippen LogP contribution is 2.20. The SMILES string of the molecule is CC.CCOC(=O)Cc1csc(N(C)/C=C\C(=C/C=O)OC)n1. The van der Waals surface area contributed by atoms with Crippen LogP contribution < -0.4 is 4.90 Å². The van der Waals surface area contributed by atoms with Crippen molar-refractivity contribution in [1.82, 2.24) is 4.98 Å². The number of nitrogens with zero attached hydrogens (tertiary/aromatic N) is 2. The monoisotopic (exact) mass is 340 g/mol. The van der Waals surface area contributed by atoms with E-state index in [1.54, 1.807) is 24.1 Å². The Hall–Kier alpha value is -2.15. The van der Waals surface area contributed by atoms with Crippen LogP contribution in [0.5, 0.6) is 0 Å². The van der Waals surface area contributed by atoms with Gasteiger partial charge in [-0.1, -0.05) is 13.8 Å². The second-order valence-electron chi connectivity index (χ2n) is 3.94. The molecule has 0 aliphatic carbocycles. The maximum Gasteiger partial charge on any atom is 0.311 e. The van der Waals surface area contributed by atoms with Gasteiger partial charge in [-0.15, -0.1) is 11.3 Å². The van der Waals surface area contributed by atoms with E-state index in [1.807, 2.05) is 26.3 Å². The van der Waals surface area contributed by atoms with E-state index in [2.05, 4.69) is 4.98 Å². The molecule has 0 amide bonds. The first kappa shape index (κ1) is 20.9. The first-order valence-corrected chi connectivity index (χ1v) is 8.19. The molecule has 1 heterocycles. The molecule has 0 saturated heterocycles. The number of carbonyl (C=O) groups is 2. The number of hydrogen-bond donors (Lipinski definition) is 0. The van der Waals surface area contributed by atoms with E-state index in [4.69, 9.17) is 9.47 Å². The standard InChI is InChI=1S/C14H18N2O4S.C2H6/c1-4-20-13(18)9-11-10-21-14(15-11)16(2)7-5-12(19-3)6-8-17;1-2/h5-8,10H,4,9H2,1-3H3;1-2H3/b7-5-,12-6+;. The van der Waals surface area contributed by atoms with Gasteiger partial charge in [0.05, 0.1) is 25.8 Å². The van der Waals surface area contributed by atoms with Crippen LogP contribution in [0.3, 0.4) is 0 Å². The summed E-state index contributed by atoms with van der Waals surface area (Å²) in [6.45, 7) is 6.13. The average molecular weight is 340 g/mol. The summed E-state index contributed by atoms with van der Waals surface area (Å²) in [7, 11) is 3.30. The van der Waals surface area contributed by atoms with E-state index in [9.17, 15) is 9.59 Å². The van der Waals surface area contributed by atoms with Crippen LogP contribution in [0.1, 0.15) is 26.5 Å². The minimum Gasteiger partial charge on any atom is -0.497 e. The minimum atomic E-state index is -0.289. The zero-order valence-corrected chi connectivity index (χ0v) is 15.1. The molecule has 0 spiro atoms. The lowest BCUT2D eigenvalue weighted by Gasteiger charge is -2.09. The number of aromatic nitrogens is 1. The highest BCUT2D eigenvalue weighted by Gasteiger charge is 2.09. The summed E-state index contributed by atoms with van der Waals surface area (Å²) in [6, 6.07) is 0. The van der Waals surface area contributed by atoms with Crippen molar-refractivity contribution in [3.63, 3.8) is 0 Å². The van der Waals surface area contributed by atoms with Gasteiger partial charge >= 0.3 is 5.97 Å². The van der Waals surface area contributed by atoms with E-state index in [-0.39, 0.29) is 12.4 Å². The average Bonchev–Trinajstić information content (AvgIpc) is 3.01. The largest absolute Gasteiger partial charge is 0.497 e. The Kier molecular flexibility index (Phi) is 11.2. The van der Waals surface area contributed by atoms with E-state index < -0.39 is 0 Å². The minimum absolute atomic E-state index is 0.163. The predicted molar refractivity (Wildman–Crippen MR) is 92.5 cm³/mol. The highest BCUT2D eigenvalue weighted by atomic mass is 32.1. The van der Waals surface area contributed by atoms with Crippen molar-refractivity contribution >= 4 is 28.7 Å². The molecular weight excluding hydrogens is 316 g/mol. The molecule has 0 N–H and O–H groups in total. The molecule has 23 heavy (non-hydrogen) atoms. The third kappa shape index (κ3) is 8.15. The number of rotatable bonds is 8. The topological polar surface area (TPSA) is 68.7 Å². The Balaban J connectivity index is 0.00000232. The van der Waals surface area contributed by atoms with Gasteiger partial charge in [0.15, 0.2) is 5.13 Å². The zero-order valence-electron chi connectivity index (χ0n) is 14.2. The molecule has 1 aromatic rings. The maximum atomic E-state index is 11.4. The Morgan fingerprint density at radius 2 is 2.13 bits per heavy atom. The Morgan fingerprint density at radius 3 is 2.70 bits per heavy atom. The van der Waals surface area contributed by atoms with Crippen molar-refractivity contribution in [3.8, 4) is 0 Å². The molecule has 0 atom stereocenters. The van der Waals surface area contributed by atoms with Crippen molar-refractivity contribution in [2.24, 2.45) is 0 Å². The van der Waals surface area contributed by atoms with E-state index >= 15 is 0 Å². The van der Waals surface area contributed by atoms with Gasteiger partial charge in [-0.2, -0.15) is 0 Å². The molecule has 0 unspecified atom stereocenters. The smallest absolute Gasteiger partial charge is 0.311 e. The number of ether oxygens (including phenoxy) is 2. The molecule has 6 nitrogen and oxygen atoms in total. The second kappa shape index (κ2) is 12.4. The number of carbonyl (C=O) groups excluding carboxylic acids is 2. The molecule has 0 aromatic carbocycles. The van der Waals surface area contributed by atoms with Gasteiger partial charge in [-0.05, 0) is 13.0 Å². The fourth-order valence-electron chi connectivity index (χ4n) is 1.41. The van der Waals surface area contributed by atoms with Gasteiger partial charge in [0.2, 0.25) is 0 Å². The Labute approximate surface area is 141 Å². The van der Waals surface area contributed by atoms with Gasteiger partial charge in [0.1, 0.15) is 12.0 Å². The number of aldehydes is 1. The zero-order chi connectivity index (χ0) is 17.7. The molecule has 0 saturated carbocycles. The van der Waals surface area contributed by atoms with Crippen molar-refractivity contribution in [2.45, 2.75) is 27.2 Å². The molecule has 0 fully saturated rings. The van der Waals surface area contributed by atoms with Crippen LogP contribution in [-0.4, -0.2) is 38.0 Å². The third-order valence-corrected chi connectivity index (χ3v) is 3.38. The van der Waals surface area contributed by atoms with Crippen LogP contribution >= 0.6 is 11.3 Å².